The lowest BCUT2D eigenvalue weighted by molar-refractivity contribution is -0.133. The molecule has 0 bridgehead atoms. The van der Waals surface area contributed by atoms with E-state index in [4.69, 9.17) is 10.5 Å². The highest BCUT2D eigenvalue weighted by atomic mass is 16.6. The van der Waals surface area contributed by atoms with Crippen LogP contribution < -0.4 is 5.73 Å². The Hall–Kier alpha value is -2.08. The molecular formula is C18H27N3O3. The third-order valence-electron chi connectivity index (χ3n) is 4.40. The monoisotopic (exact) mass is 333 g/mol. The first kappa shape index (κ1) is 18.3. The molecule has 0 radical (unpaired) electrons. The SMILES string of the molecule is CCN(CC1CCCCN1C(=O)CN)C(=O)OCc1ccccc1. The summed E-state index contributed by atoms with van der Waals surface area (Å²) in [6.45, 7) is 3.96. The Balaban J connectivity index is 1.91. The van der Waals surface area contributed by atoms with Crippen LogP contribution >= 0.6 is 0 Å². The summed E-state index contributed by atoms with van der Waals surface area (Å²) < 4.78 is 5.40. The van der Waals surface area contributed by atoms with Crippen LogP contribution in [-0.4, -0.2) is 54.0 Å². The molecular weight excluding hydrogens is 306 g/mol. The van der Waals surface area contributed by atoms with Gasteiger partial charge in [0.05, 0.1) is 6.54 Å². The van der Waals surface area contributed by atoms with Gasteiger partial charge in [0, 0.05) is 25.7 Å². The second-order valence-corrected chi connectivity index (χ2v) is 6.02. The quantitative estimate of drug-likeness (QED) is 0.864. The van der Waals surface area contributed by atoms with Crippen LogP contribution in [0.2, 0.25) is 0 Å². The van der Waals surface area contributed by atoms with E-state index < -0.39 is 0 Å². The predicted molar refractivity (Wildman–Crippen MR) is 92.3 cm³/mol. The van der Waals surface area contributed by atoms with Crippen LogP contribution in [-0.2, 0) is 16.1 Å². The first-order valence-corrected chi connectivity index (χ1v) is 8.60. The van der Waals surface area contributed by atoms with Gasteiger partial charge in [0.25, 0.3) is 0 Å². The Morgan fingerprint density at radius 1 is 1.29 bits per heavy atom. The zero-order chi connectivity index (χ0) is 17.4. The van der Waals surface area contributed by atoms with Gasteiger partial charge < -0.3 is 20.3 Å². The Kier molecular flexibility index (Phi) is 7.06. The van der Waals surface area contributed by atoms with E-state index in [1.165, 1.54) is 0 Å². The highest BCUT2D eigenvalue weighted by molar-refractivity contribution is 5.78. The van der Waals surface area contributed by atoms with Gasteiger partial charge in [0.15, 0.2) is 0 Å². The molecule has 0 saturated carbocycles. The lowest BCUT2D eigenvalue weighted by Crippen LogP contribution is -2.52. The highest BCUT2D eigenvalue weighted by Crippen LogP contribution is 2.18. The molecule has 0 spiro atoms. The van der Waals surface area contributed by atoms with Gasteiger partial charge in [-0.3, -0.25) is 4.79 Å². The van der Waals surface area contributed by atoms with Crippen LogP contribution in [0.15, 0.2) is 30.3 Å². The fraction of sp³-hybridized carbons (Fsp3) is 0.556. The number of carbonyl (C=O) groups is 2. The summed E-state index contributed by atoms with van der Waals surface area (Å²) in [6, 6.07) is 9.63. The predicted octanol–water partition coefficient (Wildman–Crippen LogP) is 1.98. The Morgan fingerprint density at radius 3 is 2.71 bits per heavy atom. The van der Waals surface area contributed by atoms with Crippen LogP contribution in [0, 0.1) is 0 Å². The summed E-state index contributed by atoms with van der Waals surface area (Å²) in [4.78, 5) is 27.8. The lowest BCUT2D eigenvalue weighted by atomic mass is 10.0. The van der Waals surface area contributed by atoms with Crippen molar-refractivity contribution < 1.29 is 14.3 Å². The van der Waals surface area contributed by atoms with Gasteiger partial charge in [-0.1, -0.05) is 30.3 Å². The van der Waals surface area contributed by atoms with E-state index in [9.17, 15) is 9.59 Å². The van der Waals surface area contributed by atoms with Crippen LogP contribution in [0.3, 0.4) is 0 Å². The molecule has 1 saturated heterocycles. The number of piperidine rings is 1. The molecule has 2 amide bonds. The fourth-order valence-corrected chi connectivity index (χ4v) is 3.03. The van der Waals surface area contributed by atoms with E-state index in [0.717, 1.165) is 31.4 Å². The van der Waals surface area contributed by atoms with Gasteiger partial charge in [0.2, 0.25) is 5.91 Å². The summed E-state index contributed by atoms with van der Waals surface area (Å²) in [5.41, 5.74) is 6.46. The number of hydrogen-bond acceptors (Lipinski definition) is 4. The highest BCUT2D eigenvalue weighted by Gasteiger charge is 2.29. The van der Waals surface area contributed by atoms with Crippen molar-refractivity contribution in [2.24, 2.45) is 5.73 Å². The van der Waals surface area contributed by atoms with Crippen molar-refractivity contribution in [2.75, 3.05) is 26.2 Å². The maximum Gasteiger partial charge on any atom is 0.410 e. The number of benzene rings is 1. The minimum atomic E-state index is -0.341. The summed E-state index contributed by atoms with van der Waals surface area (Å²) in [6.07, 6.45) is 2.61. The molecule has 132 valence electrons. The van der Waals surface area contributed by atoms with Gasteiger partial charge in [-0.25, -0.2) is 4.79 Å². The molecule has 0 aromatic heterocycles. The van der Waals surface area contributed by atoms with Crippen molar-refractivity contribution in [1.29, 1.82) is 0 Å². The van der Waals surface area contributed by atoms with Gasteiger partial charge in [-0.05, 0) is 31.7 Å². The summed E-state index contributed by atoms with van der Waals surface area (Å²) in [7, 11) is 0. The largest absolute Gasteiger partial charge is 0.445 e. The normalized spacial score (nSPS) is 17.4. The molecule has 1 aromatic carbocycles. The molecule has 1 unspecified atom stereocenters. The van der Waals surface area contributed by atoms with Gasteiger partial charge in [-0.2, -0.15) is 0 Å². The fourth-order valence-electron chi connectivity index (χ4n) is 3.03. The van der Waals surface area contributed by atoms with Crippen LogP contribution in [0.5, 0.6) is 0 Å². The number of hydrogen-bond donors (Lipinski definition) is 1. The topological polar surface area (TPSA) is 75.9 Å². The van der Waals surface area contributed by atoms with E-state index in [1.54, 1.807) is 4.90 Å². The van der Waals surface area contributed by atoms with E-state index in [-0.39, 0.29) is 31.2 Å². The number of rotatable bonds is 6. The lowest BCUT2D eigenvalue weighted by Gasteiger charge is -2.38. The molecule has 2 N–H and O–H groups in total. The van der Waals surface area contributed by atoms with Crippen molar-refractivity contribution in [3.05, 3.63) is 35.9 Å². The zero-order valence-electron chi connectivity index (χ0n) is 14.3. The number of amides is 2. The van der Waals surface area contributed by atoms with Crippen LogP contribution in [0.1, 0.15) is 31.7 Å². The third-order valence-corrected chi connectivity index (χ3v) is 4.40. The second kappa shape index (κ2) is 9.27. The number of nitrogens with zero attached hydrogens (tertiary/aromatic N) is 2. The van der Waals surface area contributed by atoms with Crippen molar-refractivity contribution in [1.82, 2.24) is 9.80 Å². The molecule has 6 nitrogen and oxygen atoms in total. The Morgan fingerprint density at radius 2 is 2.04 bits per heavy atom. The maximum atomic E-state index is 12.3. The Labute approximate surface area is 143 Å². The van der Waals surface area contributed by atoms with Crippen molar-refractivity contribution in [2.45, 2.75) is 38.8 Å². The maximum absolute atomic E-state index is 12.3. The first-order valence-electron chi connectivity index (χ1n) is 8.60. The molecule has 1 heterocycles. The van der Waals surface area contributed by atoms with E-state index in [2.05, 4.69) is 0 Å². The van der Waals surface area contributed by atoms with E-state index in [0.29, 0.717) is 13.1 Å². The van der Waals surface area contributed by atoms with Gasteiger partial charge in [-0.15, -0.1) is 0 Å². The Bertz CT molecular complexity index is 536. The van der Waals surface area contributed by atoms with Crippen molar-refractivity contribution >= 4 is 12.0 Å². The molecule has 1 fully saturated rings. The van der Waals surface area contributed by atoms with Crippen LogP contribution in [0.4, 0.5) is 4.79 Å². The number of likely N-dealkylation sites (N-methyl/N-ethyl adjacent to an activating group) is 1. The summed E-state index contributed by atoms with van der Waals surface area (Å²) in [5.74, 6) is -0.0478. The molecule has 6 heteroatoms. The zero-order valence-corrected chi connectivity index (χ0v) is 14.3. The molecule has 0 aliphatic carbocycles. The van der Waals surface area contributed by atoms with Crippen molar-refractivity contribution in [3.8, 4) is 0 Å². The van der Waals surface area contributed by atoms with Gasteiger partial charge in [0.1, 0.15) is 6.61 Å². The average Bonchev–Trinajstić information content (AvgIpc) is 2.64. The van der Waals surface area contributed by atoms with Gasteiger partial charge >= 0.3 is 6.09 Å². The van der Waals surface area contributed by atoms with Crippen LogP contribution in [0.25, 0.3) is 0 Å². The average molecular weight is 333 g/mol. The molecule has 1 aliphatic rings. The molecule has 1 atom stereocenters. The number of ether oxygens (including phenoxy) is 1. The number of likely N-dealkylation sites (tertiary alicyclic amines) is 1. The molecule has 1 aromatic rings. The smallest absolute Gasteiger partial charge is 0.410 e. The summed E-state index contributed by atoms with van der Waals surface area (Å²) in [5, 5.41) is 0. The standard InChI is InChI=1S/C18H27N3O3/c1-2-20(18(23)24-14-15-8-4-3-5-9-15)13-16-10-6-7-11-21(16)17(22)12-19/h3-5,8-9,16H,2,6-7,10-14,19H2,1H3. The molecule has 1 aliphatic heterocycles. The third kappa shape index (κ3) is 4.96. The van der Waals surface area contributed by atoms with Crippen molar-refractivity contribution in [3.63, 3.8) is 0 Å². The molecule has 2 rings (SSSR count). The first-order chi connectivity index (χ1) is 11.7. The minimum absolute atomic E-state index is 0.0150. The second-order valence-electron chi connectivity index (χ2n) is 6.02. The number of carbonyl (C=O) groups excluding carboxylic acids is 2. The van der Waals surface area contributed by atoms with E-state index >= 15 is 0 Å². The van der Waals surface area contributed by atoms with E-state index in [1.807, 2.05) is 42.2 Å². The summed E-state index contributed by atoms with van der Waals surface area (Å²) >= 11 is 0. The molecule has 24 heavy (non-hydrogen) atoms. The minimum Gasteiger partial charge on any atom is -0.445 e. The number of nitrogens with two attached hydrogens (primary N) is 1.